The van der Waals surface area contributed by atoms with Gasteiger partial charge in [0.2, 0.25) is 0 Å². The van der Waals surface area contributed by atoms with E-state index >= 15 is 0 Å². The van der Waals surface area contributed by atoms with Gasteiger partial charge in [-0.2, -0.15) is 0 Å². The molecule has 0 aromatic rings. The second kappa shape index (κ2) is 6.04. The summed E-state index contributed by atoms with van der Waals surface area (Å²) < 4.78 is 10.5. The highest BCUT2D eigenvalue weighted by Gasteiger charge is 2.27. The molecule has 1 amide bonds. The minimum atomic E-state index is -0.815. The SMILES string of the molecule is CC(C)(C)OC(=O)NCC1CC(CC(=O)O)CO1. The van der Waals surface area contributed by atoms with Crippen molar-refractivity contribution in [3.63, 3.8) is 0 Å². The second-order valence-electron chi connectivity index (χ2n) is 5.54. The minimum absolute atomic E-state index is 0.0351. The van der Waals surface area contributed by atoms with Crippen molar-refractivity contribution >= 4 is 12.1 Å². The third kappa shape index (κ3) is 5.86. The van der Waals surface area contributed by atoms with Gasteiger partial charge in [0.1, 0.15) is 5.60 Å². The smallest absolute Gasteiger partial charge is 0.407 e. The van der Waals surface area contributed by atoms with Crippen LogP contribution in [-0.4, -0.2) is 42.0 Å². The molecule has 2 atom stereocenters. The van der Waals surface area contributed by atoms with Crippen LogP contribution in [0.15, 0.2) is 0 Å². The first-order valence-corrected chi connectivity index (χ1v) is 6.06. The molecule has 1 rings (SSSR count). The van der Waals surface area contributed by atoms with Gasteiger partial charge in [0.25, 0.3) is 0 Å². The van der Waals surface area contributed by atoms with Gasteiger partial charge in [0, 0.05) is 6.54 Å². The van der Waals surface area contributed by atoms with Crippen molar-refractivity contribution in [3.05, 3.63) is 0 Å². The van der Waals surface area contributed by atoms with Gasteiger partial charge in [-0.05, 0) is 33.1 Å². The third-order valence-corrected chi connectivity index (χ3v) is 2.50. The number of nitrogens with one attached hydrogen (secondary N) is 1. The molecule has 6 nitrogen and oxygen atoms in total. The number of carboxylic acids is 1. The first kappa shape index (κ1) is 14.8. The maximum atomic E-state index is 11.4. The van der Waals surface area contributed by atoms with Gasteiger partial charge >= 0.3 is 12.1 Å². The molecule has 0 aliphatic carbocycles. The number of alkyl carbamates (subject to hydrolysis) is 1. The maximum Gasteiger partial charge on any atom is 0.407 e. The number of aliphatic carboxylic acids is 1. The summed E-state index contributed by atoms with van der Waals surface area (Å²) in [5, 5.41) is 11.3. The molecule has 0 aromatic carbocycles. The van der Waals surface area contributed by atoms with E-state index in [1.807, 2.05) is 0 Å². The molecule has 1 aliphatic heterocycles. The quantitative estimate of drug-likeness (QED) is 0.797. The number of carbonyl (C=O) groups is 2. The van der Waals surface area contributed by atoms with E-state index in [-0.39, 0.29) is 18.4 Å². The summed E-state index contributed by atoms with van der Waals surface area (Å²) in [5.74, 6) is -0.780. The number of amides is 1. The molecule has 0 spiro atoms. The van der Waals surface area contributed by atoms with Crippen molar-refractivity contribution < 1.29 is 24.2 Å². The van der Waals surface area contributed by atoms with Gasteiger partial charge in [-0.25, -0.2) is 4.79 Å². The van der Waals surface area contributed by atoms with Crippen LogP contribution >= 0.6 is 0 Å². The minimum Gasteiger partial charge on any atom is -0.481 e. The van der Waals surface area contributed by atoms with Crippen molar-refractivity contribution in [1.82, 2.24) is 5.32 Å². The molecule has 0 bridgehead atoms. The summed E-state index contributed by atoms with van der Waals surface area (Å²) in [6.07, 6.45) is 0.167. The molecule has 2 unspecified atom stereocenters. The van der Waals surface area contributed by atoms with Crippen LogP contribution < -0.4 is 5.32 Å². The number of ether oxygens (including phenoxy) is 2. The Labute approximate surface area is 107 Å². The monoisotopic (exact) mass is 259 g/mol. The lowest BCUT2D eigenvalue weighted by Gasteiger charge is -2.20. The predicted octanol–water partition coefficient (Wildman–Crippen LogP) is 1.39. The molecule has 2 N–H and O–H groups in total. The summed E-state index contributed by atoms with van der Waals surface area (Å²) in [4.78, 5) is 21.9. The Balaban J connectivity index is 2.21. The zero-order valence-corrected chi connectivity index (χ0v) is 11.1. The molecule has 104 valence electrons. The highest BCUT2D eigenvalue weighted by atomic mass is 16.6. The number of carboxylic acid groups (broad SMARTS) is 1. The van der Waals surface area contributed by atoms with E-state index in [2.05, 4.69) is 5.32 Å². The van der Waals surface area contributed by atoms with Crippen molar-refractivity contribution in [1.29, 1.82) is 0 Å². The largest absolute Gasteiger partial charge is 0.481 e. The number of hydrogen-bond acceptors (Lipinski definition) is 4. The topological polar surface area (TPSA) is 84.9 Å². The van der Waals surface area contributed by atoms with Gasteiger partial charge in [0.15, 0.2) is 0 Å². The van der Waals surface area contributed by atoms with Crippen LogP contribution in [0.3, 0.4) is 0 Å². The lowest BCUT2D eigenvalue weighted by Crippen LogP contribution is -2.36. The fourth-order valence-corrected chi connectivity index (χ4v) is 1.82. The van der Waals surface area contributed by atoms with Crippen molar-refractivity contribution in [2.45, 2.75) is 45.3 Å². The zero-order chi connectivity index (χ0) is 13.8. The molecule has 6 heteroatoms. The molecule has 18 heavy (non-hydrogen) atoms. The summed E-state index contributed by atoms with van der Waals surface area (Å²) >= 11 is 0. The third-order valence-electron chi connectivity index (χ3n) is 2.50. The number of rotatable bonds is 4. The van der Waals surface area contributed by atoms with E-state index in [9.17, 15) is 9.59 Å². The molecular weight excluding hydrogens is 238 g/mol. The molecule has 1 saturated heterocycles. The first-order chi connectivity index (χ1) is 8.26. The summed E-state index contributed by atoms with van der Waals surface area (Å²) in [6.45, 7) is 6.17. The van der Waals surface area contributed by atoms with E-state index < -0.39 is 17.7 Å². The van der Waals surface area contributed by atoms with Gasteiger partial charge in [-0.3, -0.25) is 4.79 Å². The summed E-state index contributed by atoms with van der Waals surface area (Å²) in [7, 11) is 0. The average Bonchev–Trinajstić information content (AvgIpc) is 2.59. The lowest BCUT2D eigenvalue weighted by molar-refractivity contribution is -0.138. The van der Waals surface area contributed by atoms with Crippen molar-refractivity contribution in [2.24, 2.45) is 5.92 Å². The molecular formula is C12H21NO5. The van der Waals surface area contributed by atoms with Crippen LogP contribution in [0.5, 0.6) is 0 Å². The predicted molar refractivity (Wildman–Crippen MR) is 64.3 cm³/mol. The molecule has 0 aromatic heterocycles. The van der Waals surface area contributed by atoms with Crippen molar-refractivity contribution in [3.8, 4) is 0 Å². The van der Waals surface area contributed by atoms with Crippen LogP contribution in [0, 0.1) is 5.92 Å². The Kier molecular flexibility index (Phi) is 4.95. The molecule has 0 saturated carbocycles. The normalized spacial score (nSPS) is 23.7. The second-order valence-corrected chi connectivity index (χ2v) is 5.54. The van der Waals surface area contributed by atoms with Crippen LogP contribution in [0.25, 0.3) is 0 Å². The van der Waals surface area contributed by atoms with E-state index in [4.69, 9.17) is 14.6 Å². The molecule has 1 heterocycles. The zero-order valence-electron chi connectivity index (χ0n) is 11.1. The molecule has 1 aliphatic rings. The Morgan fingerprint density at radius 2 is 2.11 bits per heavy atom. The molecule has 0 radical (unpaired) electrons. The average molecular weight is 259 g/mol. The van der Waals surface area contributed by atoms with Crippen LogP contribution in [0.1, 0.15) is 33.6 Å². The fourth-order valence-electron chi connectivity index (χ4n) is 1.82. The standard InChI is InChI=1S/C12H21NO5/c1-12(2,3)18-11(16)13-6-9-4-8(7-17-9)5-10(14)15/h8-9H,4-7H2,1-3H3,(H,13,16)(H,14,15). The Bertz CT molecular complexity index is 310. The maximum absolute atomic E-state index is 11.4. The Morgan fingerprint density at radius 3 is 2.67 bits per heavy atom. The summed E-state index contributed by atoms with van der Waals surface area (Å²) in [5.41, 5.74) is -0.521. The highest BCUT2D eigenvalue weighted by Crippen LogP contribution is 2.22. The van der Waals surface area contributed by atoms with Gasteiger partial charge in [0.05, 0.1) is 19.1 Å². The van der Waals surface area contributed by atoms with E-state index in [1.165, 1.54) is 0 Å². The highest BCUT2D eigenvalue weighted by molar-refractivity contribution is 5.68. The fraction of sp³-hybridized carbons (Fsp3) is 0.833. The van der Waals surface area contributed by atoms with E-state index in [1.54, 1.807) is 20.8 Å². The van der Waals surface area contributed by atoms with Crippen molar-refractivity contribution in [2.75, 3.05) is 13.2 Å². The van der Waals surface area contributed by atoms with Gasteiger partial charge < -0.3 is 19.9 Å². The first-order valence-electron chi connectivity index (χ1n) is 6.06. The Hall–Kier alpha value is -1.30. The van der Waals surface area contributed by atoms with Gasteiger partial charge in [-0.15, -0.1) is 0 Å². The van der Waals surface area contributed by atoms with E-state index in [0.717, 1.165) is 0 Å². The van der Waals surface area contributed by atoms with E-state index in [0.29, 0.717) is 19.6 Å². The number of hydrogen-bond donors (Lipinski definition) is 2. The van der Waals surface area contributed by atoms with Crippen LogP contribution in [-0.2, 0) is 14.3 Å². The molecule has 1 fully saturated rings. The van der Waals surface area contributed by atoms with Crippen LogP contribution in [0.4, 0.5) is 4.79 Å². The lowest BCUT2D eigenvalue weighted by atomic mass is 10.0. The van der Waals surface area contributed by atoms with Crippen LogP contribution in [0.2, 0.25) is 0 Å². The number of carbonyl (C=O) groups excluding carboxylic acids is 1. The Morgan fingerprint density at radius 1 is 1.44 bits per heavy atom. The summed E-state index contributed by atoms with van der Waals surface area (Å²) in [6, 6.07) is 0. The van der Waals surface area contributed by atoms with Gasteiger partial charge in [-0.1, -0.05) is 0 Å².